The fraction of sp³-hybridized carbons (Fsp3) is 0.0455. The number of nitrogens with zero attached hydrogens (tertiary/aromatic N) is 3. The minimum absolute atomic E-state index is 0.164. The third-order valence-electron chi connectivity index (χ3n) is 4.64. The minimum atomic E-state index is -3.73. The Morgan fingerprint density at radius 2 is 1.58 bits per heavy atom. The second-order valence-electron chi connectivity index (χ2n) is 6.82. The van der Waals surface area contributed by atoms with Crippen LogP contribution in [0, 0.1) is 6.92 Å². The van der Waals surface area contributed by atoms with Gasteiger partial charge in [0.25, 0.3) is 15.9 Å². The van der Waals surface area contributed by atoms with E-state index in [4.69, 9.17) is 0 Å². The van der Waals surface area contributed by atoms with Crippen molar-refractivity contribution < 1.29 is 13.2 Å². The van der Waals surface area contributed by atoms with Crippen LogP contribution in [0.2, 0.25) is 0 Å². The number of carbonyl (C=O) groups is 1. The lowest BCUT2D eigenvalue weighted by atomic mass is 10.1. The van der Waals surface area contributed by atoms with Crippen LogP contribution in [0.5, 0.6) is 0 Å². The number of aromatic nitrogens is 3. The van der Waals surface area contributed by atoms with Gasteiger partial charge >= 0.3 is 0 Å². The molecule has 0 aliphatic rings. The summed E-state index contributed by atoms with van der Waals surface area (Å²) >= 11 is 0. The highest BCUT2D eigenvalue weighted by Gasteiger charge is 2.15. The quantitative estimate of drug-likeness (QED) is 0.483. The molecule has 0 radical (unpaired) electrons. The molecular weight excluding hydrogens is 414 g/mol. The van der Waals surface area contributed by atoms with Crippen molar-refractivity contribution >= 4 is 27.3 Å². The lowest BCUT2D eigenvalue weighted by Crippen LogP contribution is -2.15. The monoisotopic (exact) mass is 433 g/mol. The number of anilines is 2. The molecule has 0 aliphatic carbocycles. The van der Waals surface area contributed by atoms with E-state index in [9.17, 15) is 13.2 Å². The number of nitrogens with one attached hydrogen (secondary N) is 2. The summed E-state index contributed by atoms with van der Waals surface area (Å²) in [5, 5.41) is 10.3. The third kappa shape index (κ3) is 4.62. The summed E-state index contributed by atoms with van der Waals surface area (Å²) in [5.41, 5.74) is 2.89. The Morgan fingerprint density at radius 3 is 2.26 bits per heavy atom. The van der Waals surface area contributed by atoms with Crippen LogP contribution in [0.15, 0.2) is 90.3 Å². The van der Waals surface area contributed by atoms with Crippen LogP contribution in [0.4, 0.5) is 11.4 Å². The van der Waals surface area contributed by atoms with E-state index in [1.165, 1.54) is 12.1 Å². The molecule has 0 bridgehead atoms. The lowest BCUT2D eigenvalue weighted by molar-refractivity contribution is 0.102. The first-order chi connectivity index (χ1) is 14.9. The standard InChI is InChI=1S/C22H19N5O3S/c1-16-7-10-18(13-21(16)26-31(29,30)20-5-3-2-4-6-20)25-22(28)17-8-11-19(12-9-17)27-14-23-24-15-27/h2-15,26H,1H3,(H,25,28). The predicted molar refractivity (Wildman–Crippen MR) is 118 cm³/mol. The molecule has 1 aromatic heterocycles. The first-order valence-corrected chi connectivity index (χ1v) is 10.9. The number of aryl methyl sites for hydroxylation is 1. The topological polar surface area (TPSA) is 106 Å². The first-order valence-electron chi connectivity index (χ1n) is 9.37. The van der Waals surface area contributed by atoms with Crippen molar-refractivity contribution in [1.82, 2.24) is 14.8 Å². The molecule has 3 aromatic carbocycles. The smallest absolute Gasteiger partial charge is 0.261 e. The molecule has 8 nitrogen and oxygen atoms in total. The molecule has 0 aliphatic heterocycles. The van der Waals surface area contributed by atoms with Crippen molar-refractivity contribution in [1.29, 1.82) is 0 Å². The van der Waals surface area contributed by atoms with E-state index in [0.717, 1.165) is 11.3 Å². The Labute approximate surface area is 179 Å². The second kappa shape index (κ2) is 8.41. The zero-order valence-electron chi connectivity index (χ0n) is 16.6. The van der Waals surface area contributed by atoms with Crippen LogP contribution in [-0.4, -0.2) is 29.1 Å². The van der Waals surface area contributed by atoms with Gasteiger partial charge in [-0.15, -0.1) is 10.2 Å². The van der Waals surface area contributed by atoms with E-state index < -0.39 is 10.0 Å². The first kappa shape index (κ1) is 20.3. The van der Waals surface area contributed by atoms with Gasteiger partial charge in [-0.05, 0) is 61.0 Å². The van der Waals surface area contributed by atoms with E-state index in [1.807, 2.05) is 0 Å². The average Bonchev–Trinajstić information content (AvgIpc) is 3.32. The highest BCUT2D eigenvalue weighted by Crippen LogP contribution is 2.24. The molecule has 156 valence electrons. The minimum Gasteiger partial charge on any atom is -0.322 e. The zero-order chi connectivity index (χ0) is 21.8. The summed E-state index contributed by atoms with van der Waals surface area (Å²) in [4.78, 5) is 12.8. The molecule has 4 rings (SSSR count). The van der Waals surface area contributed by atoms with E-state index in [1.54, 1.807) is 84.8 Å². The summed E-state index contributed by atoms with van der Waals surface area (Å²) in [5.74, 6) is -0.309. The molecule has 9 heteroatoms. The van der Waals surface area contributed by atoms with E-state index >= 15 is 0 Å². The van der Waals surface area contributed by atoms with Crippen LogP contribution in [-0.2, 0) is 10.0 Å². The number of hydrogen-bond acceptors (Lipinski definition) is 5. The van der Waals surface area contributed by atoms with Gasteiger partial charge in [-0.1, -0.05) is 24.3 Å². The molecule has 31 heavy (non-hydrogen) atoms. The molecule has 1 heterocycles. The van der Waals surface area contributed by atoms with Crippen LogP contribution in [0.25, 0.3) is 5.69 Å². The maximum atomic E-state index is 12.6. The van der Waals surface area contributed by atoms with Crippen LogP contribution in [0.1, 0.15) is 15.9 Å². The van der Waals surface area contributed by atoms with Gasteiger partial charge in [-0.25, -0.2) is 8.42 Å². The molecule has 0 saturated heterocycles. The highest BCUT2D eigenvalue weighted by atomic mass is 32.2. The maximum Gasteiger partial charge on any atom is 0.261 e. The average molecular weight is 433 g/mol. The molecule has 0 spiro atoms. The van der Waals surface area contributed by atoms with Crippen molar-refractivity contribution in [2.24, 2.45) is 0 Å². The van der Waals surface area contributed by atoms with Gasteiger partial charge in [-0.3, -0.25) is 14.1 Å². The van der Waals surface area contributed by atoms with Gasteiger partial charge in [0.1, 0.15) is 12.7 Å². The van der Waals surface area contributed by atoms with Gasteiger partial charge < -0.3 is 5.32 Å². The van der Waals surface area contributed by atoms with Gasteiger partial charge in [0.15, 0.2) is 0 Å². The second-order valence-corrected chi connectivity index (χ2v) is 8.50. The summed E-state index contributed by atoms with van der Waals surface area (Å²) < 4.78 is 29.6. The molecule has 0 unspecified atom stereocenters. The van der Waals surface area contributed by atoms with Gasteiger partial charge in [-0.2, -0.15) is 0 Å². The van der Waals surface area contributed by atoms with Gasteiger partial charge in [0, 0.05) is 16.9 Å². The maximum absolute atomic E-state index is 12.6. The summed E-state index contributed by atoms with van der Waals surface area (Å²) in [7, 11) is -3.73. The van der Waals surface area contributed by atoms with Crippen LogP contribution < -0.4 is 10.0 Å². The fourth-order valence-corrected chi connectivity index (χ4v) is 4.08. The molecule has 0 saturated carbocycles. The summed E-state index contributed by atoms with van der Waals surface area (Å²) in [6, 6.07) is 20.1. The molecule has 4 aromatic rings. The zero-order valence-corrected chi connectivity index (χ0v) is 17.4. The Hall–Kier alpha value is -3.98. The molecule has 0 atom stereocenters. The van der Waals surface area contributed by atoms with E-state index in [0.29, 0.717) is 16.9 Å². The van der Waals surface area contributed by atoms with Gasteiger partial charge in [0.05, 0.1) is 10.6 Å². The number of hydrogen-bond donors (Lipinski definition) is 2. The van der Waals surface area contributed by atoms with E-state index in [-0.39, 0.29) is 10.8 Å². The summed E-state index contributed by atoms with van der Waals surface area (Å²) in [6.07, 6.45) is 3.14. The predicted octanol–water partition coefficient (Wildman–Crippen LogP) is 3.63. The number of rotatable bonds is 6. The Kier molecular flexibility index (Phi) is 5.50. The van der Waals surface area contributed by atoms with Crippen molar-refractivity contribution in [3.63, 3.8) is 0 Å². The van der Waals surface area contributed by atoms with Crippen molar-refractivity contribution in [3.8, 4) is 5.69 Å². The Balaban J connectivity index is 1.51. The summed E-state index contributed by atoms with van der Waals surface area (Å²) in [6.45, 7) is 1.79. The van der Waals surface area contributed by atoms with Crippen LogP contribution in [0.3, 0.4) is 0 Å². The fourth-order valence-electron chi connectivity index (χ4n) is 2.94. The third-order valence-corrected chi connectivity index (χ3v) is 6.02. The lowest BCUT2D eigenvalue weighted by Gasteiger charge is -2.13. The van der Waals surface area contributed by atoms with Gasteiger partial charge in [0.2, 0.25) is 0 Å². The normalized spacial score (nSPS) is 11.1. The number of sulfonamides is 1. The van der Waals surface area contributed by atoms with Crippen LogP contribution >= 0.6 is 0 Å². The van der Waals surface area contributed by atoms with E-state index in [2.05, 4.69) is 20.2 Å². The highest BCUT2D eigenvalue weighted by molar-refractivity contribution is 7.92. The largest absolute Gasteiger partial charge is 0.322 e. The molecule has 0 fully saturated rings. The SMILES string of the molecule is Cc1ccc(NC(=O)c2ccc(-n3cnnc3)cc2)cc1NS(=O)(=O)c1ccccc1. The Morgan fingerprint density at radius 1 is 0.903 bits per heavy atom. The van der Waals surface area contributed by atoms with Crippen molar-refractivity contribution in [2.45, 2.75) is 11.8 Å². The molecule has 2 N–H and O–H groups in total. The number of amides is 1. The Bertz CT molecular complexity index is 1300. The number of benzene rings is 3. The molecule has 1 amide bonds. The van der Waals surface area contributed by atoms with Crippen molar-refractivity contribution in [3.05, 3.63) is 96.6 Å². The van der Waals surface area contributed by atoms with Crippen molar-refractivity contribution in [2.75, 3.05) is 10.0 Å². The molecular formula is C22H19N5O3S. The number of carbonyl (C=O) groups excluding carboxylic acids is 1.